The van der Waals surface area contributed by atoms with Crippen molar-refractivity contribution in [3.05, 3.63) is 40.8 Å². The third-order valence-corrected chi connectivity index (χ3v) is 2.17. The van der Waals surface area contributed by atoms with Crippen LogP contribution < -0.4 is 0 Å². The van der Waals surface area contributed by atoms with Crippen LogP contribution in [0.5, 0.6) is 0 Å². The van der Waals surface area contributed by atoms with Gasteiger partial charge in [-0.05, 0) is 34.1 Å². The number of aromatic amines is 1. The number of nitrogens with one attached hydrogen (secondary N) is 1. The van der Waals surface area contributed by atoms with E-state index in [1.807, 2.05) is 0 Å². The summed E-state index contributed by atoms with van der Waals surface area (Å²) in [5.41, 5.74) is 0.608. The van der Waals surface area contributed by atoms with Gasteiger partial charge in [0.1, 0.15) is 11.6 Å². The number of H-pyrrole nitrogens is 1. The molecule has 0 fully saturated rings. The maximum atomic E-state index is 13.2. The van der Waals surface area contributed by atoms with Gasteiger partial charge in [-0.3, -0.25) is 0 Å². The van der Waals surface area contributed by atoms with E-state index in [0.29, 0.717) is 10.4 Å². The zero-order valence-electron chi connectivity index (χ0n) is 6.89. The molecule has 0 aliphatic heterocycles. The van der Waals surface area contributed by atoms with Crippen molar-refractivity contribution >= 4 is 15.9 Å². The molecular weight excluding hydrogens is 254 g/mol. The Hall–Kier alpha value is -1.23. The average Bonchev–Trinajstić information content (AvgIpc) is 2.56. The molecule has 14 heavy (non-hydrogen) atoms. The van der Waals surface area contributed by atoms with Gasteiger partial charge < -0.3 is 4.98 Å². The van der Waals surface area contributed by atoms with E-state index in [-0.39, 0.29) is 5.56 Å². The molecule has 72 valence electrons. The maximum Gasteiger partial charge on any atom is 0.174 e. The van der Waals surface area contributed by atoms with Crippen LogP contribution in [0.15, 0.2) is 29.1 Å². The van der Waals surface area contributed by atoms with Crippen LogP contribution in [0.4, 0.5) is 8.78 Å². The van der Waals surface area contributed by atoms with Crippen LogP contribution in [0.25, 0.3) is 11.3 Å². The van der Waals surface area contributed by atoms with Gasteiger partial charge in [0, 0.05) is 5.56 Å². The minimum Gasteiger partial charge on any atom is -0.332 e. The molecule has 0 aliphatic carbocycles. The van der Waals surface area contributed by atoms with E-state index in [0.717, 1.165) is 18.2 Å². The molecular formula is C9H5BrF2N2. The fraction of sp³-hybridized carbons (Fsp3) is 0. The Morgan fingerprint density at radius 2 is 2.07 bits per heavy atom. The zero-order chi connectivity index (χ0) is 10.1. The monoisotopic (exact) mass is 258 g/mol. The minimum atomic E-state index is -0.484. The Balaban J connectivity index is 2.55. The topological polar surface area (TPSA) is 28.7 Å². The van der Waals surface area contributed by atoms with Crippen molar-refractivity contribution in [3.63, 3.8) is 0 Å². The Labute approximate surface area is 87.1 Å². The zero-order valence-corrected chi connectivity index (χ0v) is 8.48. The van der Waals surface area contributed by atoms with Crippen LogP contribution in [0.1, 0.15) is 0 Å². The molecule has 2 aromatic rings. The van der Waals surface area contributed by atoms with E-state index >= 15 is 0 Å². The minimum absolute atomic E-state index is 0.170. The molecule has 0 bridgehead atoms. The summed E-state index contributed by atoms with van der Waals surface area (Å²) in [5, 5.41) is 0. The number of halogens is 3. The third-order valence-electron chi connectivity index (χ3n) is 1.76. The summed E-state index contributed by atoms with van der Waals surface area (Å²) < 4.78 is 26.5. The van der Waals surface area contributed by atoms with Crippen molar-refractivity contribution in [1.82, 2.24) is 9.97 Å². The number of aromatic nitrogens is 2. The number of benzene rings is 1. The van der Waals surface area contributed by atoms with Crippen LogP contribution in [-0.2, 0) is 0 Å². The second-order valence-corrected chi connectivity index (χ2v) is 3.46. The summed E-state index contributed by atoms with van der Waals surface area (Å²) in [6, 6.07) is 3.28. The number of imidazole rings is 1. The van der Waals surface area contributed by atoms with Gasteiger partial charge in [-0.15, -0.1) is 0 Å². The summed E-state index contributed by atoms with van der Waals surface area (Å²) in [6.45, 7) is 0. The quantitative estimate of drug-likeness (QED) is 0.837. The highest BCUT2D eigenvalue weighted by molar-refractivity contribution is 9.10. The third kappa shape index (κ3) is 1.68. The smallest absolute Gasteiger partial charge is 0.174 e. The van der Waals surface area contributed by atoms with Gasteiger partial charge in [-0.1, -0.05) is 0 Å². The predicted octanol–water partition coefficient (Wildman–Crippen LogP) is 3.12. The Morgan fingerprint density at radius 3 is 2.71 bits per heavy atom. The van der Waals surface area contributed by atoms with E-state index in [9.17, 15) is 8.78 Å². The molecule has 2 rings (SSSR count). The van der Waals surface area contributed by atoms with Crippen LogP contribution in [0, 0.1) is 11.6 Å². The highest BCUT2D eigenvalue weighted by Gasteiger charge is 2.08. The van der Waals surface area contributed by atoms with Crippen LogP contribution >= 0.6 is 15.9 Å². The SMILES string of the molecule is Fc1ccc(F)c(-c2cnc(Br)[nH]2)c1. The van der Waals surface area contributed by atoms with Crippen LogP contribution in [0.2, 0.25) is 0 Å². The lowest BCUT2D eigenvalue weighted by Crippen LogP contribution is -1.86. The summed E-state index contributed by atoms with van der Waals surface area (Å²) in [6.07, 6.45) is 1.43. The van der Waals surface area contributed by atoms with Crippen LogP contribution in [0.3, 0.4) is 0 Å². The molecule has 0 unspecified atom stereocenters. The summed E-state index contributed by atoms with van der Waals surface area (Å²) in [5.74, 6) is -0.963. The number of hydrogen-bond donors (Lipinski definition) is 1. The first-order valence-corrected chi connectivity index (χ1v) is 4.62. The molecule has 1 aromatic heterocycles. The van der Waals surface area contributed by atoms with E-state index < -0.39 is 11.6 Å². The lowest BCUT2D eigenvalue weighted by Gasteiger charge is -1.99. The molecule has 0 aliphatic rings. The second kappa shape index (κ2) is 3.49. The Kier molecular flexibility index (Phi) is 2.33. The molecule has 0 saturated carbocycles. The summed E-state index contributed by atoms with van der Waals surface area (Å²) in [7, 11) is 0. The van der Waals surface area contributed by atoms with Gasteiger partial charge in [0.15, 0.2) is 4.73 Å². The van der Waals surface area contributed by atoms with Crippen molar-refractivity contribution in [3.8, 4) is 11.3 Å². The normalized spacial score (nSPS) is 10.5. The lowest BCUT2D eigenvalue weighted by molar-refractivity contribution is 0.602. The van der Waals surface area contributed by atoms with E-state index in [2.05, 4.69) is 25.9 Å². The predicted molar refractivity (Wildman–Crippen MR) is 51.6 cm³/mol. The number of rotatable bonds is 1. The Morgan fingerprint density at radius 1 is 1.29 bits per heavy atom. The van der Waals surface area contributed by atoms with Gasteiger partial charge in [0.2, 0.25) is 0 Å². The van der Waals surface area contributed by atoms with Crippen molar-refractivity contribution in [1.29, 1.82) is 0 Å². The highest BCUT2D eigenvalue weighted by Crippen LogP contribution is 2.22. The molecule has 1 heterocycles. The number of hydrogen-bond acceptors (Lipinski definition) is 1. The molecule has 0 amide bonds. The molecule has 0 radical (unpaired) electrons. The lowest BCUT2D eigenvalue weighted by atomic mass is 10.1. The molecule has 5 heteroatoms. The molecule has 1 aromatic carbocycles. The highest BCUT2D eigenvalue weighted by atomic mass is 79.9. The van der Waals surface area contributed by atoms with E-state index in [4.69, 9.17) is 0 Å². The first-order chi connectivity index (χ1) is 6.66. The Bertz CT molecular complexity index is 468. The molecule has 1 N–H and O–H groups in total. The summed E-state index contributed by atoms with van der Waals surface area (Å²) in [4.78, 5) is 6.60. The largest absolute Gasteiger partial charge is 0.332 e. The summed E-state index contributed by atoms with van der Waals surface area (Å²) >= 11 is 3.09. The van der Waals surface area contributed by atoms with Gasteiger partial charge in [0.05, 0.1) is 11.9 Å². The second-order valence-electron chi connectivity index (χ2n) is 2.71. The van der Waals surface area contributed by atoms with E-state index in [1.54, 1.807) is 0 Å². The molecule has 2 nitrogen and oxygen atoms in total. The van der Waals surface area contributed by atoms with Crippen LogP contribution in [-0.4, -0.2) is 9.97 Å². The standard InChI is InChI=1S/C9H5BrF2N2/c10-9-13-4-8(14-9)6-3-5(11)1-2-7(6)12/h1-4H,(H,13,14). The first-order valence-electron chi connectivity index (χ1n) is 3.83. The fourth-order valence-electron chi connectivity index (χ4n) is 1.14. The first kappa shape index (κ1) is 9.33. The van der Waals surface area contributed by atoms with Gasteiger partial charge in [-0.2, -0.15) is 0 Å². The van der Waals surface area contributed by atoms with Gasteiger partial charge >= 0.3 is 0 Å². The van der Waals surface area contributed by atoms with Crippen molar-refractivity contribution < 1.29 is 8.78 Å². The van der Waals surface area contributed by atoms with Gasteiger partial charge in [0.25, 0.3) is 0 Å². The van der Waals surface area contributed by atoms with Crippen molar-refractivity contribution in [2.24, 2.45) is 0 Å². The van der Waals surface area contributed by atoms with E-state index in [1.165, 1.54) is 6.20 Å². The van der Waals surface area contributed by atoms with Crippen molar-refractivity contribution in [2.75, 3.05) is 0 Å². The van der Waals surface area contributed by atoms with Crippen molar-refractivity contribution in [2.45, 2.75) is 0 Å². The maximum absolute atomic E-state index is 13.2. The number of nitrogens with zero attached hydrogens (tertiary/aromatic N) is 1. The molecule has 0 atom stereocenters. The van der Waals surface area contributed by atoms with Gasteiger partial charge in [-0.25, -0.2) is 13.8 Å². The average molecular weight is 259 g/mol. The fourth-order valence-corrected chi connectivity index (χ4v) is 1.45. The molecule has 0 saturated heterocycles. The molecule has 0 spiro atoms.